The molecule has 0 aromatic carbocycles. The number of amides is 1. The average Bonchev–Trinajstić information content (AvgIpc) is 2.61. The minimum Gasteiger partial charge on any atom is -0.478 e. The molecule has 6 heteroatoms. The fourth-order valence-corrected chi connectivity index (χ4v) is 1.27. The van der Waals surface area contributed by atoms with E-state index in [0.29, 0.717) is 13.1 Å². The molecule has 0 aliphatic carbocycles. The zero-order valence-electron chi connectivity index (χ0n) is 8.65. The predicted octanol–water partition coefficient (Wildman–Crippen LogP) is 0.351. The second-order valence-electron chi connectivity index (χ2n) is 2.89. The van der Waals surface area contributed by atoms with Crippen LogP contribution in [0.4, 0.5) is 0 Å². The summed E-state index contributed by atoms with van der Waals surface area (Å²) in [6.45, 7) is 4.47. The lowest BCUT2D eigenvalue weighted by Gasteiger charge is -2.05. The SMILES string of the molecule is CCNC(=O)c1c(C(=O)O)cnn1CC. The Morgan fingerprint density at radius 1 is 1.53 bits per heavy atom. The summed E-state index contributed by atoms with van der Waals surface area (Å²) in [5, 5.41) is 15.2. The molecule has 6 nitrogen and oxygen atoms in total. The number of rotatable bonds is 4. The van der Waals surface area contributed by atoms with Gasteiger partial charge in [-0.25, -0.2) is 4.79 Å². The third kappa shape index (κ3) is 2.15. The van der Waals surface area contributed by atoms with Crippen LogP contribution in [0.1, 0.15) is 34.7 Å². The van der Waals surface area contributed by atoms with Crippen LogP contribution in [0.15, 0.2) is 6.20 Å². The van der Waals surface area contributed by atoms with Crippen molar-refractivity contribution in [3.63, 3.8) is 0 Å². The Balaban J connectivity index is 3.15. The lowest BCUT2D eigenvalue weighted by atomic mass is 10.2. The number of aryl methyl sites for hydroxylation is 1. The van der Waals surface area contributed by atoms with Crippen molar-refractivity contribution >= 4 is 11.9 Å². The number of hydrogen-bond donors (Lipinski definition) is 2. The molecule has 0 aliphatic heterocycles. The Bertz CT molecular complexity index is 384. The number of hydrogen-bond acceptors (Lipinski definition) is 3. The van der Waals surface area contributed by atoms with Crippen LogP contribution in [0.2, 0.25) is 0 Å². The Labute approximate surface area is 86.9 Å². The second kappa shape index (κ2) is 4.59. The van der Waals surface area contributed by atoms with Crippen LogP contribution in [-0.4, -0.2) is 33.3 Å². The number of carboxylic acids is 1. The van der Waals surface area contributed by atoms with Crippen LogP contribution < -0.4 is 5.32 Å². The minimum absolute atomic E-state index is 0.0669. The molecule has 0 aliphatic rings. The van der Waals surface area contributed by atoms with Crippen molar-refractivity contribution in [3.05, 3.63) is 17.5 Å². The molecule has 1 aromatic heterocycles. The number of carboxylic acid groups (broad SMARTS) is 1. The highest BCUT2D eigenvalue weighted by molar-refractivity contribution is 6.03. The Morgan fingerprint density at radius 2 is 2.20 bits per heavy atom. The molecule has 0 spiro atoms. The first-order valence-corrected chi connectivity index (χ1v) is 4.69. The van der Waals surface area contributed by atoms with Crippen molar-refractivity contribution in [2.75, 3.05) is 6.54 Å². The zero-order chi connectivity index (χ0) is 11.4. The van der Waals surface area contributed by atoms with Crippen molar-refractivity contribution in [3.8, 4) is 0 Å². The highest BCUT2D eigenvalue weighted by atomic mass is 16.4. The van der Waals surface area contributed by atoms with Crippen LogP contribution in [-0.2, 0) is 6.54 Å². The topological polar surface area (TPSA) is 84.2 Å². The van der Waals surface area contributed by atoms with Gasteiger partial charge in [-0.1, -0.05) is 0 Å². The molecular formula is C9H13N3O3. The van der Waals surface area contributed by atoms with Gasteiger partial charge in [0.1, 0.15) is 11.3 Å². The maximum atomic E-state index is 11.6. The van der Waals surface area contributed by atoms with Gasteiger partial charge in [0.25, 0.3) is 5.91 Å². The average molecular weight is 211 g/mol. The number of nitrogens with zero attached hydrogens (tertiary/aromatic N) is 2. The van der Waals surface area contributed by atoms with Gasteiger partial charge in [0.2, 0.25) is 0 Å². The molecular weight excluding hydrogens is 198 g/mol. The number of carbonyl (C=O) groups excluding carboxylic acids is 1. The summed E-state index contributed by atoms with van der Waals surface area (Å²) in [5.41, 5.74) is 0.0367. The van der Waals surface area contributed by atoms with Gasteiger partial charge in [-0.2, -0.15) is 5.10 Å². The summed E-state index contributed by atoms with van der Waals surface area (Å²) in [4.78, 5) is 22.4. The monoisotopic (exact) mass is 211 g/mol. The van der Waals surface area contributed by atoms with E-state index in [9.17, 15) is 9.59 Å². The second-order valence-corrected chi connectivity index (χ2v) is 2.89. The molecule has 0 atom stereocenters. The fraction of sp³-hybridized carbons (Fsp3) is 0.444. The van der Waals surface area contributed by atoms with E-state index in [1.54, 1.807) is 13.8 Å². The van der Waals surface area contributed by atoms with E-state index >= 15 is 0 Å². The molecule has 1 amide bonds. The van der Waals surface area contributed by atoms with Gasteiger partial charge < -0.3 is 10.4 Å². The lowest BCUT2D eigenvalue weighted by molar-refractivity contribution is 0.0690. The summed E-state index contributed by atoms with van der Waals surface area (Å²) >= 11 is 0. The first-order chi connectivity index (χ1) is 7.11. The quantitative estimate of drug-likeness (QED) is 0.752. The van der Waals surface area contributed by atoms with Crippen molar-refractivity contribution in [2.45, 2.75) is 20.4 Å². The van der Waals surface area contributed by atoms with Gasteiger partial charge in [-0.15, -0.1) is 0 Å². The van der Waals surface area contributed by atoms with Gasteiger partial charge in [-0.05, 0) is 13.8 Å². The van der Waals surface area contributed by atoms with Crippen LogP contribution in [0.25, 0.3) is 0 Å². The smallest absolute Gasteiger partial charge is 0.339 e. The summed E-state index contributed by atoms with van der Waals surface area (Å²) < 4.78 is 1.37. The highest BCUT2D eigenvalue weighted by Gasteiger charge is 2.21. The number of aromatic nitrogens is 2. The number of aromatic carboxylic acids is 1. The summed E-state index contributed by atoms with van der Waals surface area (Å²) in [6, 6.07) is 0. The molecule has 2 N–H and O–H groups in total. The standard InChI is InChI=1S/C9H13N3O3/c1-3-10-8(13)7-6(9(14)15)5-11-12(7)4-2/h5H,3-4H2,1-2H3,(H,10,13)(H,14,15). The van der Waals surface area contributed by atoms with Crippen LogP contribution in [0, 0.1) is 0 Å². The molecule has 0 saturated carbocycles. The largest absolute Gasteiger partial charge is 0.478 e. The van der Waals surface area contributed by atoms with E-state index < -0.39 is 11.9 Å². The van der Waals surface area contributed by atoms with Crippen molar-refractivity contribution in [1.82, 2.24) is 15.1 Å². The fourth-order valence-electron chi connectivity index (χ4n) is 1.27. The molecule has 15 heavy (non-hydrogen) atoms. The van der Waals surface area contributed by atoms with Crippen molar-refractivity contribution < 1.29 is 14.7 Å². The molecule has 0 saturated heterocycles. The molecule has 0 unspecified atom stereocenters. The Morgan fingerprint density at radius 3 is 2.67 bits per heavy atom. The summed E-state index contributed by atoms with van der Waals surface area (Å²) in [7, 11) is 0. The van der Waals surface area contributed by atoms with E-state index in [-0.39, 0.29) is 11.3 Å². The molecule has 1 aromatic rings. The van der Waals surface area contributed by atoms with Crippen LogP contribution in [0.5, 0.6) is 0 Å². The normalized spacial score (nSPS) is 10.0. The van der Waals surface area contributed by atoms with Gasteiger partial charge in [0.05, 0.1) is 6.20 Å². The van der Waals surface area contributed by atoms with E-state index in [1.165, 1.54) is 10.9 Å². The van der Waals surface area contributed by atoms with E-state index in [0.717, 1.165) is 0 Å². The molecule has 0 fully saturated rings. The maximum Gasteiger partial charge on any atom is 0.339 e. The van der Waals surface area contributed by atoms with E-state index in [2.05, 4.69) is 10.4 Å². The number of carbonyl (C=O) groups is 2. The van der Waals surface area contributed by atoms with Crippen LogP contribution in [0.3, 0.4) is 0 Å². The number of nitrogens with one attached hydrogen (secondary N) is 1. The minimum atomic E-state index is -1.14. The summed E-state index contributed by atoms with van der Waals surface area (Å²) in [6.07, 6.45) is 1.19. The first kappa shape index (κ1) is 11.2. The van der Waals surface area contributed by atoms with E-state index in [1.807, 2.05) is 0 Å². The highest BCUT2D eigenvalue weighted by Crippen LogP contribution is 2.08. The molecule has 0 bridgehead atoms. The van der Waals surface area contributed by atoms with Crippen LogP contribution >= 0.6 is 0 Å². The van der Waals surface area contributed by atoms with Gasteiger partial charge >= 0.3 is 5.97 Å². The Kier molecular flexibility index (Phi) is 3.43. The van der Waals surface area contributed by atoms with Gasteiger partial charge in [-0.3, -0.25) is 9.48 Å². The Hall–Kier alpha value is -1.85. The van der Waals surface area contributed by atoms with Crippen molar-refractivity contribution in [1.29, 1.82) is 0 Å². The van der Waals surface area contributed by atoms with E-state index in [4.69, 9.17) is 5.11 Å². The maximum absolute atomic E-state index is 11.6. The van der Waals surface area contributed by atoms with Crippen molar-refractivity contribution in [2.24, 2.45) is 0 Å². The predicted molar refractivity (Wildman–Crippen MR) is 52.9 cm³/mol. The third-order valence-electron chi connectivity index (χ3n) is 1.92. The summed E-state index contributed by atoms with van der Waals surface area (Å²) in [5.74, 6) is -1.55. The molecule has 1 heterocycles. The zero-order valence-corrected chi connectivity index (χ0v) is 8.65. The first-order valence-electron chi connectivity index (χ1n) is 4.69. The lowest BCUT2D eigenvalue weighted by Crippen LogP contribution is -2.27. The molecule has 82 valence electrons. The van der Waals surface area contributed by atoms with Gasteiger partial charge in [0.15, 0.2) is 0 Å². The van der Waals surface area contributed by atoms with Gasteiger partial charge in [0, 0.05) is 13.1 Å². The molecule has 0 radical (unpaired) electrons. The molecule has 1 rings (SSSR count). The third-order valence-corrected chi connectivity index (χ3v) is 1.92.